The van der Waals surface area contributed by atoms with Crippen molar-refractivity contribution in [2.75, 3.05) is 19.6 Å². The molecule has 0 aliphatic rings. The number of carbonyl (C=O) groups is 2. The van der Waals surface area contributed by atoms with Gasteiger partial charge in [-0.3, -0.25) is 9.59 Å². The van der Waals surface area contributed by atoms with Crippen molar-refractivity contribution < 1.29 is 63.4 Å². The van der Waals surface area contributed by atoms with Crippen LogP contribution in [-0.2, 0) is 0 Å². The average molecular weight is 476 g/mol. The van der Waals surface area contributed by atoms with Crippen molar-refractivity contribution in [1.82, 2.24) is 0 Å². The number of benzene rings is 2. The maximum Gasteiger partial charge on any atom is 0.228 e. The predicted molar refractivity (Wildman–Crippen MR) is 97.2 cm³/mol. The number of rotatable bonds is 8. The van der Waals surface area contributed by atoms with Crippen molar-refractivity contribution in [1.29, 1.82) is 0 Å². The topological polar surface area (TPSA) is 34.1 Å². The third kappa shape index (κ3) is 4.94. The number of hydrogen-bond donors (Lipinski definition) is 0. The smallest absolute Gasteiger partial charge is 0.228 e. The van der Waals surface area contributed by atoms with E-state index in [9.17, 15) is 9.59 Å². The van der Waals surface area contributed by atoms with E-state index in [0.717, 1.165) is 19.6 Å². The van der Waals surface area contributed by atoms with Gasteiger partial charge in [-0.05, 0) is 20.8 Å². The van der Waals surface area contributed by atoms with E-state index < -0.39 is 6.04 Å². The fraction of sp³-hybridized carbons (Fsp3) is 0.333. The Morgan fingerprint density at radius 3 is 1.32 bits per heavy atom. The van der Waals surface area contributed by atoms with Crippen LogP contribution in [-0.4, -0.2) is 41.7 Å². The Morgan fingerprint density at radius 2 is 1.04 bits per heavy atom. The molecule has 0 spiro atoms. The zero-order valence-corrected chi connectivity index (χ0v) is 17.5. The fourth-order valence-corrected chi connectivity index (χ4v) is 3.36. The summed E-state index contributed by atoms with van der Waals surface area (Å²) in [5.41, 5.74) is 1.20. The predicted octanol–water partition coefficient (Wildman–Crippen LogP) is 4.00. The second kappa shape index (κ2) is 10.5. The molecule has 0 saturated heterocycles. The minimum atomic E-state index is -0.699. The van der Waals surface area contributed by atoms with Crippen LogP contribution in [0, 0.1) is 49.4 Å². The number of carbonyl (C=O) groups excluding carboxylic acids is 2. The first-order valence-electron chi connectivity index (χ1n) is 8.64. The van der Waals surface area contributed by atoms with Crippen molar-refractivity contribution in [3.63, 3.8) is 0 Å². The monoisotopic (exact) mass is 477 g/mol. The molecule has 0 bridgehead atoms. The van der Waals surface area contributed by atoms with Gasteiger partial charge in [0.2, 0.25) is 17.6 Å². The number of ketones is 2. The number of likely N-dealkylation sites (N-methyl/N-ethyl adjacent to an activating group) is 1. The summed E-state index contributed by atoms with van der Waals surface area (Å²) in [7, 11) is 0. The van der Waals surface area contributed by atoms with Gasteiger partial charge >= 0.3 is 0 Å². The molecule has 0 aromatic heterocycles. The standard InChI is InChI=1S/C21H26NO2.Eu/c1-4-22(5-2,6-3)19(20(23)17-13-9-7-10-14-17)21(24)18-15-11-8-12-16-18;/h7-16,19H,4-6H2,1-3H3;/q+1;. The molecule has 25 heavy (non-hydrogen) atoms. The second-order valence-corrected chi connectivity index (χ2v) is 6.03. The zero-order chi connectivity index (χ0) is 17.6. The van der Waals surface area contributed by atoms with Gasteiger partial charge in [0.05, 0.1) is 19.6 Å². The van der Waals surface area contributed by atoms with E-state index in [1.165, 1.54) is 0 Å². The molecule has 0 amide bonds. The summed E-state index contributed by atoms with van der Waals surface area (Å²) in [6.45, 7) is 8.39. The van der Waals surface area contributed by atoms with Crippen LogP contribution in [0.25, 0.3) is 0 Å². The summed E-state index contributed by atoms with van der Waals surface area (Å²) >= 11 is 0. The van der Waals surface area contributed by atoms with E-state index in [2.05, 4.69) is 20.8 Å². The average Bonchev–Trinajstić information content (AvgIpc) is 2.67. The van der Waals surface area contributed by atoms with E-state index in [1.807, 2.05) is 36.4 Å². The van der Waals surface area contributed by atoms with Crippen LogP contribution in [0.3, 0.4) is 0 Å². The summed E-state index contributed by atoms with van der Waals surface area (Å²) in [4.78, 5) is 26.5. The molecule has 0 atom stereocenters. The number of quaternary nitrogens is 1. The van der Waals surface area contributed by atoms with Crippen LogP contribution in [0.15, 0.2) is 60.7 Å². The number of nitrogens with zero attached hydrogens (tertiary/aromatic N) is 1. The van der Waals surface area contributed by atoms with E-state index >= 15 is 0 Å². The molecule has 2 aromatic carbocycles. The first-order chi connectivity index (χ1) is 11.6. The molecule has 0 fully saturated rings. The SMILES string of the molecule is CC[N+](CC)(CC)C(C(=O)c1ccccc1)C(=O)c1ccccc1.[Eu]. The van der Waals surface area contributed by atoms with Crippen LogP contribution >= 0.6 is 0 Å². The summed E-state index contributed by atoms with van der Waals surface area (Å²) in [6, 6.07) is 17.6. The Bertz CT molecular complexity index is 622. The Balaban J connectivity index is 0.00000312. The fourth-order valence-electron chi connectivity index (χ4n) is 3.36. The third-order valence-corrected chi connectivity index (χ3v) is 5.05. The van der Waals surface area contributed by atoms with Crippen molar-refractivity contribution in [3.8, 4) is 0 Å². The molecular formula is C21H26EuNO2+. The first kappa shape index (κ1) is 22.4. The van der Waals surface area contributed by atoms with Crippen molar-refractivity contribution in [3.05, 3.63) is 71.8 Å². The van der Waals surface area contributed by atoms with E-state index in [1.54, 1.807) is 24.3 Å². The van der Waals surface area contributed by atoms with E-state index in [-0.39, 0.29) is 60.9 Å². The molecule has 2 rings (SSSR count). The molecule has 0 heterocycles. The summed E-state index contributed by atoms with van der Waals surface area (Å²) in [5.74, 6) is -0.176. The molecule has 0 N–H and O–H groups in total. The molecule has 0 aliphatic heterocycles. The van der Waals surface area contributed by atoms with Gasteiger partial charge < -0.3 is 4.48 Å². The first-order valence-corrected chi connectivity index (χ1v) is 8.64. The molecule has 0 aliphatic carbocycles. The Labute approximate surface area is 191 Å². The maximum atomic E-state index is 13.2. The Hall–Kier alpha value is -0.676. The second-order valence-electron chi connectivity index (χ2n) is 6.03. The molecule has 1 radical (unpaired) electrons. The van der Waals surface area contributed by atoms with Crippen molar-refractivity contribution >= 4 is 11.6 Å². The molecule has 0 unspecified atom stereocenters. The molecule has 0 saturated carbocycles. The minimum absolute atomic E-state index is 0. The summed E-state index contributed by atoms with van der Waals surface area (Å²) < 4.78 is 0.474. The Kier molecular flexibility index (Phi) is 9.36. The van der Waals surface area contributed by atoms with Crippen molar-refractivity contribution in [2.45, 2.75) is 26.8 Å². The minimum Gasteiger partial charge on any atom is -0.309 e. The normalized spacial score (nSPS) is 11.0. The molecular weight excluding hydrogens is 450 g/mol. The van der Waals surface area contributed by atoms with Crippen LogP contribution in [0.5, 0.6) is 0 Å². The van der Waals surface area contributed by atoms with E-state index in [4.69, 9.17) is 0 Å². The maximum absolute atomic E-state index is 13.2. The van der Waals surface area contributed by atoms with Crippen LogP contribution < -0.4 is 0 Å². The van der Waals surface area contributed by atoms with Crippen LogP contribution in [0.1, 0.15) is 41.5 Å². The van der Waals surface area contributed by atoms with Gasteiger partial charge in [0.25, 0.3) is 0 Å². The van der Waals surface area contributed by atoms with Gasteiger partial charge in [-0.25, -0.2) is 0 Å². The molecule has 3 nitrogen and oxygen atoms in total. The van der Waals surface area contributed by atoms with Gasteiger partial charge in [0.15, 0.2) is 0 Å². The molecule has 133 valence electrons. The molecule has 4 heteroatoms. The summed E-state index contributed by atoms with van der Waals surface area (Å²) in [5, 5.41) is 0. The van der Waals surface area contributed by atoms with Gasteiger partial charge in [-0.1, -0.05) is 60.7 Å². The van der Waals surface area contributed by atoms with Crippen LogP contribution in [0.4, 0.5) is 0 Å². The van der Waals surface area contributed by atoms with Gasteiger partial charge in [-0.15, -0.1) is 0 Å². The zero-order valence-electron chi connectivity index (χ0n) is 15.1. The number of Topliss-reactive ketones (excluding diaryl/α,β-unsaturated/α-hetero) is 2. The number of hydrogen-bond acceptors (Lipinski definition) is 2. The third-order valence-electron chi connectivity index (χ3n) is 5.05. The quantitative estimate of drug-likeness (QED) is 0.328. The van der Waals surface area contributed by atoms with E-state index in [0.29, 0.717) is 15.6 Å². The molecule has 2 aromatic rings. The largest absolute Gasteiger partial charge is 0.309 e. The van der Waals surface area contributed by atoms with Crippen molar-refractivity contribution in [2.24, 2.45) is 0 Å². The van der Waals surface area contributed by atoms with Gasteiger partial charge in [-0.2, -0.15) is 0 Å². The Morgan fingerprint density at radius 1 is 0.720 bits per heavy atom. The van der Waals surface area contributed by atoms with Crippen LogP contribution in [0.2, 0.25) is 0 Å². The summed E-state index contributed by atoms with van der Waals surface area (Å²) in [6.07, 6.45) is 0. The van der Waals surface area contributed by atoms with Gasteiger partial charge in [0, 0.05) is 60.5 Å². The van der Waals surface area contributed by atoms with Gasteiger partial charge in [0.1, 0.15) is 0 Å².